The Morgan fingerprint density at radius 1 is 0.788 bits per heavy atom. The van der Waals surface area contributed by atoms with E-state index in [1.165, 1.54) is 0 Å². The number of nitrogens with zero attached hydrogens (tertiary/aromatic N) is 5. The van der Waals surface area contributed by atoms with E-state index in [0.717, 1.165) is 70.8 Å². The smallest absolute Gasteiger partial charge is 0.222 e. The number of amidine groups is 1. The van der Waals surface area contributed by atoms with Crippen LogP contribution in [-0.4, -0.2) is 115 Å². The summed E-state index contributed by atoms with van der Waals surface area (Å²) in [5.74, 6) is 8.79. The molecule has 1 atom stereocenters. The van der Waals surface area contributed by atoms with Crippen molar-refractivity contribution in [2.75, 3.05) is 32.9 Å². The SMILES string of the molecule is CC(C)(O)CON1C(C)(C)CC(CCCCN=C2N=C(CCO)N(N)C(NCCCCC3CC(C)(C)N(OCC(C)(C)O)C(C)(C)C3)N2)CC1(C)C. The van der Waals surface area contributed by atoms with Crippen molar-refractivity contribution in [3.05, 3.63) is 0 Å². The third-order valence-electron chi connectivity index (χ3n) is 10.5. The molecule has 0 spiro atoms. The fourth-order valence-corrected chi connectivity index (χ4v) is 9.09. The van der Waals surface area contributed by atoms with E-state index in [2.05, 4.69) is 81.1 Å². The maximum atomic E-state index is 10.2. The molecule has 0 radical (unpaired) electrons. The molecule has 13 heteroatoms. The van der Waals surface area contributed by atoms with Crippen LogP contribution in [-0.2, 0) is 9.68 Å². The molecule has 3 heterocycles. The predicted octanol–water partition coefficient (Wildman–Crippen LogP) is 5.06. The molecule has 0 aromatic heterocycles. The molecule has 3 rings (SSSR count). The molecule has 52 heavy (non-hydrogen) atoms. The van der Waals surface area contributed by atoms with Gasteiger partial charge in [-0.1, -0.05) is 25.7 Å². The van der Waals surface area contributed by atoms with Crippen molar-refractivity contribution in [1.82, 2.24) is 25.8 Å². The van der Waals surface area contributed by atoms with Crippen LogP contribution in [0.1, 0.15) is 154 Å². The van der Waals surface area contributed by atoms with E-state index in [1.807, 2.05) is 0 Å². The van der Waals surface area contributed by atoms with Gasteiger partial charge < -0.3 is 20.6 Å². The molecule has 0 aromatic rings. The van der Waals surface area contributed by atoms with Gasteiger partial charge in [-0.3, -0.25) is 25.0 Å². The average Bonchev–Trinajstić information content (AvgIpc) is 2.95. The lowest BCUT2D eigenvalue weighted by atomic mass is 9.73. The molecule has 0 aromatic carbocycles. The van der Waals surface area contributed by atoms with E-state index in [-0.39, 0.29) is 48.3 Å². The summed E-state index contributed by atoms with van der Waals surface area (Å²) in [4.78, 5) is 21.8. The number of aliphatic hydroxyl groups is 3. The highest BCUT2D eigenvalue weighted by Gasteiger charge is 2.48. The van der Waals surface area contributed by atoms with Gasteiger partial charge in [-0.25, -0.2) is 5.84 Å². The Bertz CT molecular complexity index is 1140. The van der Waals surface area contributed by atoms with Gasteiger partial charge in [0.25, 0.3) is 0 Å². The number of rotatable bonds is 19. The molecule has 3 aliphatic heterocycles. The van der Waals surface area contributed by atoms with Crippen LogP contribution in [0.4, 0.5) is 0 Å². The minimum atomic E-state index is -0.871. The van der Waals surface area contributed by atoms with Crippen LogP contribution in [0.2, 0.25) is 0 Å². The zero-order valence-electron chi connectivity index (χ0n) is 35.0. The number of nitrogens with one attached hydrogen (secondary N) is 2. The van der Waals surface area contributed by atoms with Crippen molar-refractivity contribution in [3.8, 4) is 0 Å². The maximum Gasteiger partial charge on any atom is 0.222 e. The number of aliphatic imine (C=N–C) groups is 2. The fraction of sp³-hybridized carbons (Fsp3) is 0.949. The summed E-state index contributed by atoms with van der Waals surface area (Å²) >= 11 is 0. The van der Waals surface area contributed by atoms with Gasteiger partial charge in [-0.05, 0) is 140 Å². The fourth-order valence-electron chi connectivity index (χ4n) is 9.09. The Morgan fingerprint density at radius 2 is 1.23 bits per heavy atom. The molecule has 3 aliphatic rings. The number of hydrazine groups is 1. The van der Waals surface area contributed by atoms with Crippen LogP contribution in [0, 0.1) is 11.8 Å². The zero-order valence-corrected chi connectivity index (χ0v) is 35.0. The zero-order chi connectivity index (χ0) is 39.2. The number of piperidine rings is 2. The number of hydrogen-bond acceptors (Lipinski definition) is 11. The Labute approximate surface area is 316 Å². The first kappa shape index (κ1) is 45.0. The number of guanidine groups is 1. The first-order valence-corrected chi connectivity index (χ1v) is 19.9. The number of aliphatic hydroxyl groups excluding tert-OH is 1. The molecule has 0 saturated carbocycles. The van der Waals surface area contributed by atoms with Crippen LogP contribution in [0.15, 0.2) is 9.98 Å². The maximum absolute atomic E-state index is 10.2. The standard InChI is InChI=1S/C39H78N8O5/c1-34(2)23-29(24-35(3,4)46(34)51-27-38(9,10)49)17-13-15-20-41-32-43-31(19-22-48)45(40)33(44-32)42-21-16-14-18-30-25-36(5,6)47(37(7,8)26-30)52-28-39(11,12)50/h29-30,33,42,48-50H,13-28,40H2,1-12H3,(H,41,44). The highest BCUT2D eigenvalue weighted by molar-refractivity contribution is 5.98. The molecule has 13 nitrogen and oxygen atoms in total. The molecule has 0 amide bonds. The minimum absolute atomic E-state index is 0.0326. The quantitative estimate of drug-likeness (QED) is 0.0776. The lowest BCUT2D eigenvalue weighted by molar-refractivity contribution is -0.303. The van der Waals surface area contributed by atoms with Crippen molar-refractivity contribution in [2.45, 2.75) is 193 Å². The monoisotopic (exact) mass is 739 g/mol. The highest BCUT2D eigenvalue weighted by atomic mass is 16.7. The third-order valence-corrected chi connectivity index (χ3v) is 10.5. The van der Waals surface area contributed by atoms with Gasteiger partial charge in [-0.2, -0.15) is 15.1 Å². The highest BCUT2D eigenvalue weighted by Crippen LogP contribution is 2.44. The van der Waals surface area contributed by atoms with Gasteiger partial charge in [0, 0.05) is 35.1 Å². The van der Waals surface area contributed by atoms with Crippen molar-refractivity contribution >= 4 is 11.8 Å². The minimum Gasteiger partial charge on any atom is -0.396 e. The van der Waals surface area contributed by atoms with Crippen LogP contribution < -0.4 is 16.5 Å². The second kappa shape index (κ2) is 18.0. The average molecular weight is 739 g/mol. The molecule has 2 fully saturated rings. The molecular formula is C39H78N8O5. The summed E-state index contributed by atoms with van der Waals surface area (Å²) in [6, 6.07) is 0. The van der Waals surface area contributed by atoms with Crippen molar-refractivity contribution in [1.29, 1.82) is 0 Å². The van der Waals surface area contributed by atoms with Crippen molar-refractivity contribution < 1.29 is 25.0 Å². The number of nitrogens with two attached hydrogens (primary N) is 1. The van der Waals surface area contributed by atoms with E-state index < -0.39 is 11.2 Å². The lowest BCUT2D eigenvalue weighted by Gasteiger charge is -2.54. The summed E-state index contributed by atoms with van der Waals surface area (Å²) < 4.78 is 0. The van der Waals surface area contributed by atoms with E-state index in [9.17, 15) is 15.3 Å². The molecule has 2 saturated heterocycles. The van der Waals surface area contributed by atoms with Gasteiger partial charge in [0.15, 0.2) is 6.29 Å². The summed E-state index contributed by atoms with van der Waals surface area (Å²) in [6.45, 7) is 27.0. The number of hydroxylamine groups is 4. The third kappa shape index (κ3) is 13.7. The van der Waals surface area contributed by atoms with Crippen molar-refractivity contribution in [3.63, 3.8) is 0 Å². The summed E-state index contributed by atoms with van der Waals surface area (Å²) in [5.41, 5.74) is -2.25. The normalized spacial score (nSPS) is 25.4. The van der Waals surface area contributed by atoms with Gasteiger partial charge in [-0.15, -0.1) is 0 Å². The number of hydrogen-bond donors (Lipinski definition) is 6. The second-order valence-electron chi connectivity index (χ2n) is 19.7. The Hall–Kier alpha value is -1.42. The topological polar surface area (TPSA) is 164 Å². The number of unbranched alkanes of at least 4 members (excludes halogenated alkanes) is 2. The van der Waals surface area contributed by atoms with E-state index in [1.54, 1.807) is 32.7 Å². The van der Waals surface area contributed by atoms with Gasteiger partial charge in [0.2, 0.25) is 5.96 Å². The molecule has 304 valence electrons. The van der Waals surface area contributed by atoms with Crippen LogP contribution in [0.3, 0.4) is 0 Å². The predicted molar refractivity (Wildman–Crippen MR) is 210 cm³/mol. The molecule has 0 bridgehead atoms. The first-order valence-electron chi connectivity index (χ1n) is 19.9. The molecular weight excluding hydrogens is 660 g/mol. The second-order valence-corrected chi connectivity index (χ2v) is 19.7. The van der Waals surface area contributed by atoms with Crippen LogP contribution in [0.5, 0.6) is 0 Å². The summed E-state index contributed by atoms with van der Waals surface area (Å²) in [6.07, 6.45) is 10.6. The van der Waals surface area contributed by atoms with E-state index >= 15 is 0 Å². The van der Waals surface area contributed by atoms with Crippen molar-refractivity contribution in [2.24, 2.45) is 27.7 Å². The molecule has 7 N–H and O–H groups in total. The molecule has 1 unspecified atom stereocenters. The lowest BCUT2D eigenvalue weighted by Crippen LogP contribution is -2.64. The first-order chi connectivity index (χ1) is 23.9. The van der Waals surface area contributed by atoms with Gasteiger partial charge in [0.05, 0.1) is 31.0 Å². The van der Waals surface area contributed by atoms with E-state index in [0.29, 0.717) is 36.6 Å². The Morgan fingerprint density at radius 3 is 1.65 bits per heavy atom. The molecule has 0 aliphatic carbocycles. The van der Waals surface area contributed by atoms with Crippen LogP contribution in [0.25, 0.3) is 0 Å². The largest absolute Gasteiger partial charge is 0.396 e. The van der Waals surface area contributed by atoms with E-state index in [4.69, 9.17) is 20.5 Å². The van der Waals surface area contributed by atoms with Crippen LogP contribution >= 0.6 is 0 Å². The summed E-state index contributed by atoms with van der Waals surface area (Å²) in [5, 5.41) is 42.8. The Kier molecular flexibility index (Phi) is 15.6. The van der Waals surface area contributed by atoms with Gasteiger partial charge >= 0.3 is 0 Å². The Balaban J connectivity index is 1.45. The van der Waals surface area contributed by atoms with Gasteiger partial charge in [0.1, 0.15) is 5.84 Å². The summed E-state index contributed by atoms with van der Waals surface area (Å²) in [7, 11) is 0.